The average Bonchev–Trinajstić information content (AvgIpc) is 2.04. The first-order valence-corrected chi connectivity index (χ1v) is 2.70. The van der Waals surface area contributed by atoms with E-state index in [4.69, 9.17) is 0 Å². The molecule has 0 radical (unpaired) electrons. The van der Waals surface area contributed by atoms with Crippen LogP contribution < -0.4 is 5.73 Å². The second-order valence-electron chi connectivity index (χ2n) is 1.33. The molecule has 0 aliphatic heterocycles. The molecule has 0 bridgehead atoms. The summed E-state index contributed by atoms with van der Waals surface area (Å²) in [7, 11) is 1.31. The second kappa shape index (κ2) is 8.42. The Morgan fingerprint density at radius 2 is 1.73 bits per heavy atom. The minimum absolute atomic E-state index is 0.394. The molecular formula is C7H11NO3. The lowest BCUT2D eigenvalue weighted by Crippen LogP contribution is -2.04. The molecule has 0 unspecified atom stereocenters. The molecule has 2 N–H and O–H groups in total. The number of rotatable bonds is 2. The number of esters is 1. The molecule has 4 nitrogen and oxygen atoms in total. The molecule has 0 spiro atoms. The number of amides is 1. The molecule has 0 aliphatic rings. The highest BCUT2D eigenvalue weighted by Crippen LogP contribution is 1.67. The molecule has 1 amide bonds. The highest BCUT2D eigenvalue weighted by atomic mass is 16.5. The first-order valence-electron chi connectivity index (χ1n) is 2.70. The van der Waals surface area contributed by atoms with E-state index in [1.807, 2.05) is 0 Å². The molecule has 62 valence electrons. The van der Waals surface area contributed by atoms with Gasteiger partial charge in [-0.1, -0.05) is 13.2 Å². The Balaban J connectivity index is 0. The second-order valence-corrected chi connectivity index (χ2v) is 1.33. The molecule has 11 heavy (non-hydrogen) atoms. The zero-order valence-corrected chi connectivity index (χ0v) is 6.37. The standard InChI is InChI=1S/C4H6O2.C3H5NO/c1-3-4(5)6-2;1-2-3(4)5/h3H,1H2,2H3;2H,1H2,(H2,4,5). The van der Waals surface area contributed by atoms with Crippen LogP contribution in [0.15, 0.2) is 25.3 Å². The van der Waals surface area contributed by atoms with E-state index in [0.29, 0.717) is 0 Å². The van der Waals surface area contributed by atoms with E-state index < -0.39 is 11.9 Å². The van der Waals surface area contributed by atoms with Crippen LogP contribution in [0, 0.1) is 0 Å². The largest absolute Gasteiger partial charge is 0.466 e. The van der Waals surface area contributed by atoms with Gasteiger partial charge in [-0.05, 0) is 6.08 Å². The van der Waals surface area contributed by atoms with E-state index in [9.17, 15) is 9.59 Å². The third kappa shape index (κ3) is 17.8. The van der Waals surface area contributed by atoms with Crippen LogP contribution in [0.1, 0.15) is 0 Å². The lowest BCUT2D eigenvalue weighted by Gasteiger charge is -1.83. The minimum Gasteiger partial charge on any atom is -0.466 e. The topological polar surface area (TPSA) is 69.4 Å². The van der Waals surface area contributed by atoms with Gasteiger partial charge in [-0.3, -0.25) is 4.79 Å². The van der Waals surface area contributed by atoms with Gasteiger partial charge in [0, 0.05) is 6.08 Å². The number of carbonyl (C=O) groups excluding carboxylic acids is 2. The van der Waals surface area contributed by atoms with Crippen molar-refractivity contribution in [2.75, 3.05) is 7.11 Å². The van der Waals surface area contributed by atoms with Crippen molar-refractivity contribution in [2.24, 2.45) is 5.73 Å². The van der Waals surface area contributed by atoms with Crippen molar-refractivity contribution in [3.63, 3.8) is 0 Å². The molecule has 0 rings (SSSR count). The number of carbonyl (C=O) groups is 2. The molecule has 0 fully saturated rings. The van der Waals surface area contributed by atoms with E-state index in [1.165, 1.54) is 7.11 Å². The third-order valence-electron chi connectivity index (χ3n) is 0.569. The number of methoxy groups -OCH3 is 1. The Morgan fingerprint density at radius 3 is 1.73 bits per heavy atom. The summed E-state index contributed by atoms with van der Waals surface area (Å²) in [6.07, 6.45) is 2.17. The van der Waals surface area contributed by atoms with Crippen LogP contribution in [-0.2, 0) is 14.3 Å². The number of primary amides is 1. The summed E-state index contributed by atoms with van der Waals surface area (Å²) >= 11 is 0. The molecule has 0 aromatic carbocycles. The van der Waals surface area contributed by atoms with Gasteiger partial charge in [0.1, 0.15) is 0 Å². The lowest BCUT2D eigenvalue weighted by atomic mass is 10.6. The molecule has 0 aromatic rings. The van der Waals surface area contributed by atoms with Gasteiger partial charge in [-0.15, -0.1) is 0 Å². The van der Waals surface area contributed by atoms with Crippen LogP contribution in [0.25, 0.3) is 0 Å². The Labute approximate surface area is 65.3 Å². The van der Waals surface area contributed by atoms with Gasteiger partial charge in [-0.25, -0.2) is 4.79 Å². The molecular weight excluding hydrogens is 146 g/mol. The number of hydrogen-bond donors (Lipinski definition) is 1. The molecule has 0 heterocycles. The summed E-state index contributed by atoms with van der Waals surface area (Å²) in [5.41, 5.74) is 4.53. The van der Waals surface area contributed by atoms with Gasteiger partial charge in [-0.2, -0.15) is 0 Å². The van der Waals surface area contributed by atoms with E-state index in [0.717, 1.165) is 12.2 Å². The fourth-order valence-corrected chi connectivity index (χ4v) is 0.0833. The summed E-state index contributed by atoms with van der Waals surface area (Å²) in [5.74, 6) is -0.875. The highest BCUT2D eigenvalue weighted by molar-refractivity contribution is 5.85. The monoisotopic (exact) mass is 157 g/mol. The van der Waals surface area contributed by atoms with Crippen molar-refractivity contribution in [3.8, 4) is 0 Å². The molecule has 0 saturated heterocycles. The zero-order valence-electron chi connectivity index (χ0n) is 6.37. The summed E-state index contributed by atoms with van der Waals surface area (Å²) in [5, 5.41) is 0. The predicted octanol–water partition coefficient (Wildman–Crippen LogP) is 0.00310. The maximum Gasteiger partial charge on any atom is 0.329 e. The van der Waals surface area contributed by atoms with E-state index in [-0.39, 0.29) is 0 Å². The van der Waals surface area contributed by atoms with Crippen LogP contribution in [-0.4, -0.2) is 19.0 Å². The van der Waals surface area contributed by atoms with Crippen molar-refractivity contribution in [2.45, 2.75) is 0 Å². The summed E-state index contributed by atoms with van der Waals surface area (Å²) in [6.45, 7) is 6.24. The van der Waals surface area contributed by atoms with E-state index in [1.54, 1.807) is 0 Å². The van der Waals surface area contributed by atoms with Crippen molar-refractivity contribution in [1.82, 2.24) is 0 Å². The van der Waals surface area contributed by atoms with Crippen molar-refractivity contribution in [3.05, 3.63) is 25.3 Å². The zero-order chi connectivity index (χ0) is 9.28. The van der Waals surface area contributed by atoms with Gasteiger partial charge in [0.25, 0.3) is 0 Å². The van der Waals surface area contributed by atoms with Gasteiger partial charge in [0.15, 0.2) is 0 Å². The summed E-state index contributed by atoms with van der Waals surface area (Å²) in [6, 6.07) is 0. The van der Waals surface area contributed by atoms with Crippen LogP contribution in [0.5, 0.6) is 0 Å². The fourth-order valence-electron chi connectivity index (χ4n) is 0.0833. The van der Waals surface area contributed by atoms with Crippen LogP contribution >= 0.6 is 0 Å². The Hall–Kier alpha value is -1.58. The minimum atomic E-state index is -0.481. The van der Waals surface area contributed by atoms with Crippen molar-refractivity contribution in [1.29, 1.82) is 0 Å². The average molecular weight is 157 g/mol. The van der Waals surface area contributed by atoms with Crippen molar-refractivity contribution >= 4 is 11.9 Å². The van der Waals surface area contributed by atoms with Gasteiger partial charge >= 0.3 is 5.97 Å². The fraction of sp³-hybridized carbons (Fsp3) is 0.143. The molecule has 0 atom stereocenters. The predicted molar refractivity (Wildman–Crippen MR) is 41.6 cm³/mol. The lowest BCUT2D eigenvalue weighted by molar-refractivity contribution is -0.134. The van der Waals surface area contributed by atoms with Crippen LogP contribution in [0.4, 0.5) is 0 Å². The third-order valence-corrected chi connectivity index (χ3v) is 0.569. The smallest absolute Gasteiger partial charge is 0.329 e. The maximum absolute atomic E-state index is 9.84. The van der Waals surface area contributed by atoms with Gasteiger partial charge in [0.05, 0.1) is 7.11 Å². The Morgan fingerprint density at radius 1 is 1.36 bits per heavy atom. The highest BCUT2D eigenvalue weighted by Gasteiger charge is 1.81. The van der Waals surface area contributed by atoms with Crippen LogP contribution in [0.3, 0.4) is 0 Å². The number of nitrogens with two attached hydrogens (primary N) is 1. The molecule has 0 aromatic heterocycles. The van der Waals surface area contributed by atoms with Crippen molar-refractivity contribution < 1.29 is 14.3 Å². The van der Waals surface area contributed by atoms with Crippen LogP contribution in [0.2, 0.25) is 0 Å². The maximum atomic E-state index is 9.84. The Kier molecular flexibility index (Phi) is 9.29. The Bertz CT molecular complexity index is 163. The first-order chi connectivity index (χ1) is 5.08. The summed E-state index contributed by atoms with van der Waals surface area (Å²) < 4.78 is 4.14. The SMILES string of the molecule is C=CC(=O)OC.C=CC(N)=O. The first kappa shape index (κ1) is 12.1. The molecule has 0 aliphatic carbocycles. The van der Waals surface area contributed by atoms with Gasteiger partial charge < -0.3 is 10.5 Å². The van der Waals surface area contributed by atoms with E-state index >= 15 is 0 Å². The summed E-state index contributed by atoms with van der Waals surface area (Å²) in [4.78, 5) is 19.3. The van der Waals surface area contributed by atoms with Gasteiger partial charge in [0.2, 0.25) is 5.91 Å². The normalized spacial score (nSPS) is 6.64. The van der Waals surface area contributed by atoms with E-state index in [2.05, 4.69) is 23.6 Å². The quantitative estimate of drug-likeness (QED) is 0.453. The molecule has 4 heteroatoms. The molecule has 0 saturated carbocycles. The number of ether oxygens (including phenoxy) is 1. The number of hydrogen-bond acceptors (Lipinski definition) is 3.